The number of cyclic esters (lactones) is 1. The summed E-state index contributed by atoms with van der Waals surface area (Å²) in [5.41, 5.74) is 1.76. The molecule has 1 unspecified atom stereocenters. The predicted octanol–water partition coefficient (Wildman–Crippen LogP) is 4.48. The number of aromatic nitrogens is 2. The molecule has 10 nitrogen and oxygen atoms in total. The molecule has 13 heteroatoms. The second-order valence-electron chi connectivity index (χ2n) is 9.95. The number of anilines is 4. The molecular weight excluding hydrogens is 525 g/mol. The lowest BCUT2D eigenvalue weighted by atomic mass is 10.1. The summed E-state index contributed by atoms with van der Waals surface area (Å²) in [6, 6.07) is 8.33. The number of piperazine rings is 1. The number of likely N-dealkylation sites (N-methyl/N-ethyl adjacent to an activating group) is 1. The van der Waals surface area contributed by atoms with Gasteiger partial charge in [-0.05, 0) is 50.1 Å². The van der Waals surface area contributed by atoms with E-state index in [1.807, 2.05) is 26.1 Å². The Labute approximate surface area is 232 Å². The predicted molar refractivity (Wildman–Crippen MR) is 146 cm³/mol. The number of aryl methyl sites for hydroxylation is 1. The van der Waals surface area contributed by atoms with E-state index in [-0.39, 0.29) is 24.4 Å². The van der Waals surface area contributed by atoms with E-state index in [0.29, 0.717) is 44.6 Å². The third-order valence-corrected chi connectivity index (χ3v) is 7.23. The lowest BCUT2D eigenvalue weighted by molar-refractivity contribution is -0.137. The standard InChI is InChI=1S/C27H35F3N8O2/c1-3-19-16-20(38-14-13-36(2)21(18-38)8-9-31)6-7-23(19)34-25-33-17-22(27(28,29)30)24(35-25)32-10-4-11-37-12-5-15-40-26(37)39/h6-7,16-17,21H,3-5,8,10-15,18H2,1-2H3,(H2,32,33,34,35). The van der Waals surface area contributed by atoms with Gasteiger partial charge >= 0.3 is 12.3 Å². The fourth-order valence-corrected chi connectivity index (χ4v) is 4.88. The maximum atomic E-state index is 13.7. The number of nitriles is 1. The summed E-state index contributed by atoms with van der Waals surface area (Å²) in [6.07, 6.45) is -1.93. The molecule has 2 saturated heterocycles. The third kappa shape index (κ3) is 7.24. The average molecular weight is 561 g/mol. The number of nitrogens with one attached hydrogen (secondary N) is 2. The first-order chi connectivity index (χ1) is 19.2. The zero-order valence-corrected chi connectivity index (χ0v) is 22.8. The highest BCUT2D eigenvalue weighted by atomic mass is 19.4. The molecule has 2 N–H and O–H groups in total. The summed E-state index contributed by atoms with van der Waals surface area (Å²) < 4.78 is 46.0. The first kappa shape index (κ1) is 29.2. The molecular formula is C27H35F3N8O2. The first-order valence-corrected chi connectivity index (χ1v) is 13.5. The maximum Gasteiger partial charge on any atom is 0.421 e. The van der Waals surface area contributed by atoms with Gasteiger partial charge in [-0.1, -0.05) is 6.92 Å². The zero-order valence-electron chi connectivity index (χ0n) is 22.8. The van der Waals surface area contributed by atoms with Gasteiger partial charge in [0.2, 0.25) is 5.95 Å². The van der Waals surface area contributed by atoms with Crippen molar-refractivity contribution in [3.8, 4) is 6.07 Å². The molecule has 0 bridgehead atoms. The van der Waals surface area contributed by atoms with Crippen molar-refractivity contribution in [1.29, 1.82) is 5.26 Å². The minimum atomic E-state index is -4.63. The molecule has 2 fully saturated rings. The van der Waals surface area contributed by atoms with Crippen molar-refractivity contribution in [2.45, 2.75) is 44.8 Å². The summed E-state index contributed by atoms with van der Waals surface area (Å²) in [7, 11) is 2.03. The molecule has 2 aliphatic heterocycles. The van der Waals surface area contributed by atoms with Crippen molar-refractivity contribution in [2.24, 2.45) is 0 Å². The Hall–Kier alpha value is -3.79. The smallest absolute Gasteiger partial charge is 0.421 e. The molecule has 4 rings (SSSR count). The molecule has 1 amide bonds. The lowest BCUT2D eigenvalue weighted by Crippen LogP contribution is -2.51. The molecule has 0 saturated carbocycles. The van der Waals surface area contributed by atoms with Gasteiger partial charge in [0.05, 0.1) is 19.1 Å². The zero-order chi connectivity index (χ0) is 28.7. The van der Waals surface area contributed by atoms with Crippen molar-refractivity contribution < 1.29 is 22.7 Å². The van der Waals surface area contributed by atoms with Crippen molar-refractivity contribution in [2.75, 3.05) is 68.5 Å². The monoisotopic (exact) mass is 560 g/mol. The largest absolute Gasteiger partial charge is 0.449 e. The molecule has 2 aromatic rings. The fourth-order valence-electron chi connectivity index (χ4n) is 4.88. The summed E-state index contributed by atoms with van der Waals surface area (Å²) in [4.78, 5) is 25.9. The Kier molecular flexibility index (Phi) is 9.52. The third-order valence-electron chi connectivity index (χ3n) is 7.23. The van der Waals surface area contributed by atoms with Crippen LogP contribution in [0.1, 0.15) is 37.3 Å². The normalized spacial score (nSPS) is 18.3. The number of carbonyl (C=O) groups is 1. The van der Waals surface area contributed by atoms with E-state index in [4.69, 9.17) is 10.00 Å². The molecule has 0 spiro atoms. The summed E-state index contributed by atoms with van der Waals surface area (Å²) in [5, 5.41) is 15.0. The topological polar surface area (TPSA) is 110 Å². The van der Waals surface area contributed by atoms with Crippen LogP contribution in [-0.4, -0.2) is 84.8 Å². The van der Waals surface area contributed by atoms with Crippen LogP contribution in [0, 0.1) is 11.3 Å². The number of rotatable bonds is 10. The van der Waals surface area contributed by atoms with E-state index >= 15 is 0 Å². The molecule has 2 aliphatic rings. The lowest BCUT2D eigenvalue weighted by Gasteiger charge is -2.40. The van der Waals surface area contributed by atoms with E-state index in [1.165, 1.54) is 0 Å². The van der Waals surface area contributed by atoms with E-state index < -0.39 is 17.8 Å². The number of carbonyl (C=O) groups excluding carboxylic acids is 1. The van der Waals surface area contributed by atoms with Crippen LogP contribution >= 0.6 is 0 Å². The van der Waals surface area contributed by atoms with Crippen molar-refractivity contribution in [3.05, 3.63) is 35.5 Å². The van der Waals surface area contributed by atoms with Crippen LogP contribution in [0.4, 0.5) is 41.1 Å². The van der Waals surface area contributed by atoms with Gasteiger partial charge < -0.3 is 25.2 Å². The van der Waals surface area contributed by atoms with Gasteiger partial charge in [0.1, 0.15) is 11.4 Å². The van der Waals surface area contributed by atoms with Crippen LogP contribution in [-0.2, 0) is 17.3 Å². The number of ether oxygens (including phenoxy) is 1. The van der Waals surface area contributed by atoms with Crippen LogP contribution in [0.3, 0.4) is 0 Å². The highest BCUT2D eigenvalue weighted by Crippen LogP contribution is 2.34. The fraction of sp³-hybridized carbons (Fsp3) is 0.556. The number of amides is 1. The first-order valence-electron chi connectivity index (χ1n) is 13.5. The number of hydrogen-bond acceptors (Lipinski definition) is 9. The van der Waals surface area contributed by atoms with Crippen molar-refractivity contribution in [1.82, 2.24) is 19.8 Å². The number of nitrogens with zero attached hydrogens (tertiary/aromatic N) is 6. The molecule has 1 aromatic heterocycles. The molecule has 1 atom stereocenters. The minimum absolute atomic E-state index is 0.0474. The average Bonchev–Trinajstić information content (AvgIpc) is 2.93. The SMILES string of the molecule is CCc1cc(N2CCN(C)C(CC#N)C2)ccc1Nc1ncc(C(F)(F)F)c(NCCCN2CCCOC2=O)n1. The Morgan fingerprint density at radius 2 is 2.08 bits per heavy atom. The van der Waals surface area contributed by atoms with Gasteiger partial charge in [-0.3, -0.25) is 4.90 Å². The Bertz CT molecular complexity index is 1220. The molecule has 40 heavy (non-hydrogen) atoms. The molecule has 1 aromatic carbocycles. The second kappa shape index (κ2) is 13.0. The van der Waals surface area contributed by atoms with Crippen LogP contribution in [0.5, 0.6) is 0 Å². The quantitative estimate of drug-likeness (QED) is 0.407. The highest BCUT2D eigenvalue weighted by Gasteiger charge is 2.35. The number of hydrogen-bond donors (Lipinski definition) is 2. The highest BCUT2D eigenvalue weighted by molar-refractivity contribution is 5.68. The van der Waals surface area contributed by atoms with Crippen molar-refractivity contribution >= 4 is 29.2 Å². The van der Waals surface area contributed by atoms with Crippen LogP contribution in [0.25, 0.3) is 0 Å². The number of benzene rings is 1. The summed E-state index contributed by atoms with van der Waals surface area (Å²) in [6.45, 7) is 5.97. The van der Waals surface area contributed by atoms with E-state index in [2.05, 4.69) is 42.5 Å². The second-order valence-corrected chi connectivity index (χ2v) is 9.95. The van der Waals surface area contributed by atoms with Gasteiger partial charge in [-0.2, -0.15) is 23.4 Å². The molecule has 0 radical (unpaired) electrons. The summed E-state index contributed by atoms with van der Waals surface area (Å²) in [5.74, 6) is -0.270. The molecule has 3 heterocycles. The molecule has 216 valence electrons. The van der Waals surface area contributed by atoms with Gasteiger partial charge in [0, 0.05) is 62.9 Å². The minimum Gasteiger partial charge on any atom is -0.449 e. The van der Waals surface area contributed by atoms with Crippen LogP contribution in [0.15, 0.2) is 24.4 Å². The van der Waals surface area contributed by atoms with Crippen LogP contribution < -0.4 is 15.5 Å². The van der Waals surface area contributed by atoms with Crippen LogP contribution in [0.2, 0.25) is 0 Å². The molecule has 0 aliphatic carbocycles. The van der Waals surface area contributed by atoms with Gasteiger partial charge in [-0.15, -0.1) is 0 Å². The number of alkyl halides is 3. The van der Waals surface area contributed by atoms with Gasteiger partial charge in [-0.25, -0.2) is 9.78 Å². The van der Waals surface area contributed by atoms with E-state index in [1.54, 1.807) is 4.90 Å². The van der Waals surface area contributed by atoms with Gasteiger partial charge in [0.25, 0.3) is 0 Å². The Morgan fingerprint density at radius 1 is 1.25 bits per heavy atom. The Balaban J connectivity index is 1.46. The maximum absolute atomic E-state index is 13.7. The summed E-state index contributed by atoms with van der Waals surface area (Å²) >= 11 is 0. The van der Waals surface area contributed by atoms with Gasteiger partial charge in [0.15, 0.2) is 0 Å². The van der Waals surface area contributed by atoms with E-state index in [9.17, 15) is 18.0 Å². The number of halogens is 3. The Morgan fingerprint density at radius 3 is 2.80 bits per heavy atom. The van der Waals surface area contributed by atoms with Crippen molar-refractivity contribution in [3.63, 3.8) is 0 Å². The van der Waals surface area contributed by atoms with E-state index in [0.717, 1.165) is 43.5 Å².